The highest BCUT2D eigenvalue weighted by molar-refractivity contribution is 5.83. The first-order valence-electron chi connectivity index (χ1n) is 6.17. The molecule has 1 aromatic rings. The van der Waals surface area contributed by atoms with Gasteiger partial charge in [-0.3, -0.25) is 0 Å². The summed E-state index contributed by atoms with van der Waals surface area (Å²) in [4.78, 5) is 24.0. The van der Waals surface area contributed by atoms with Crippen LogP contribution in [0, 0.1) is 5.82 Å². The van der Waals surface area contributed by atoms with Gasteiger partial charge in [-0.05, 0) is 6.07 Å². The molecule has 1 aromatic carbocycles. The molecular formula is C13H15FN2O4. The van der Waals surface area contributed by atoms with Gasteiger partial charge in [-0.1, -0.05) is 18.2 Å². The third-order valence-corrected chi connectivity index (χ3v) is 3.21. The monoisotopic (exact) mass is 282 g/mol. The topological polar surface area (TPSA) is 89.9 Å². The van der Waals surface area contributed by atoms with Gasteiger partial charge in [0.2, 0.25) is 0 Å². The Labute approximate surface area is 114 Å². The fraction of sp³-hybridized carbons (Fsp3) is 0.385. The number of halogens is 1. The summed E-state index contributed by atoms with van der Waals surface area (Å²) in [7, 11) is 0. The third-order valence-electron chi connectivity index (χ3n) is 3.21. The number of carbonyl (C=O) groups excluding carboxylic acids is 1. The molecule has 1 aliphatic rings. The van der Waals surface area contributed by atoms with Crippen LogP contribution in [0.4, 0.5) is 9.18 Å². The summed E-state index contributed by atoms with van der Waals surface area (Å²) in [6, 6.07) is 4.31. The summed E-state index contributed by atoms with van der Waals surface area (Å²) in [5.41, 5.74) is 0.312. The second-order valence-corrected chi connectivity index (χ2v) is 4.65. The number of hydrogen-bond donors (Lipinski definition) is 3. The number of nitrogens with zero attached hydrogens (tertiary/aromatic N) is 1. The average Bonchev–Trinajstić information content (AvgIpc) is 2.80. The van der Waals surface area contributed by atoms with Crippen LogP contribution in [0.25, 0.3) is 0 Å². The number of likely N-dealkylation sites (tertiary alicyclic amines) is 1. The molecule has 1 aliphatic heterocycles. The zero-order valence-electron chi connectivity index (χ0n) is 10.6. The Balaban J connectivity index is 1.98. The van der Waals surface area contributed by atoms with Gasteiger partial charge in [-0.2, -0.15) is 0 Å². The van der Waals surface area contributed by atoms with Crippen molar-refractivity contribution in [2.24, 2.45) is 0 Å². The highest BCUT2D eigenvalue weighted by Gasteiger charge is 2.38. The van der Waals surface area contributed by atoms with Crippen molar-refractivity contribution in [3.05, 3.63) is 35.6 Å². The summed E-state index contributed by atoms with van der Waals surface area (Å²) >= 11 is 0. The van der Waals surface area contributed by atoms with E-state index < -0.39 is 30.0 Å². The van der Waals surface area contributed by atoms with Crippen molar-refractivity contribution in [3.8, 4) is 0 Å². The normalized spacial score (nSPS) is 21.8. The van der Waals surface area contributed by atoms with E-state index in [1.807, 2.05) is 0 Å². The van der Waals surface area contributed by atoms with Crippen LogP contribution < -0.4 is 5.32 Å². The second-order valence-electron chi connectivity index (χ2n) is 4.65. The molecular weight excluding hydrogens is 267 g/mol. The molecule has 1 heterocycles. The lowest BCUT2D eigenvalue weighted by Crippen LogP contribution is -2.46. The van der Waals surface area contributed by atoms with E-state index >= 15 is 0 Å². The maximum atomic E-state index is 13.4. The number of β-amino-alcohol motifs (C(OH)–C–C–N with tert-alkyl or cyclic N) is 1. The number of rotatable bonds is 3. The number of aliphatic hydroxyl groups excluding tert-OH is 1. The predicted molar refractivity (Wildman–Crippen MR) is 67.4 cm³/mol. The predicted octanol–water partition coefficient (Wildman–Crippen LogP) is 0.555. The zero-order valence-corrected chi connectivity index (χ0v) is 10.6. The molecule has 2 atom stereocenters. The Morgan fingerprint density at radius 1 is 1.40 bits per heavy atom. The van der Waals surface area contributed by atoms with Crippen molar-refractivity contribution < 1.29 is 24.2 Å². The molecule has 3 N–H and O–H groups in total. The second kappa shape index (κ2) is 5.87. The van der Waals surface area contributed by atoms with Gasteiger partial charge in [0.15, 0.2) is 0 Å². The molecule has 7 heteroatoms. The smallest absolute Gasteiger partial charge is 0.326 e. The minimum Gasteiger partial charge on any atom is -0.480 e. The summed E-state index contributed by atoms with van der Waals surface area (Å²) < 4.78 is 13.4. The summed E-state index contributed by atoms with van der Waals surface area (Å²) in [5, 5.41) is 20.9. The number of aliphatic hydroxyl groups is 1. The third kappa shape index (κ3) is 3.05. The van der Waals surface area contributed by atoms with Gasteiger partial charge < -0.3 is 20.4 Å². The molecule has 108 valence electrons. The Kier molecular flexibility index (Phi) is 4.19. The molecule has 0 unspecified atom stereocenters. The van der Waals surface area contributed by atoms with Crippen LogP contribution in [-0.2, 0) is 11.3 Å². The molecule has 1 saturated heterocycles. The number of carboxylic acid groups (broad SMARTS) is 1. The van der Waals surface area contributed by atoms with Gasteiger partial charge in [0.1, 0.15) is 11.9 Å². The number of nitrogens with one attached hydrogen (secondary N) is 1. The van der Waals surface area contributed by atoms with Gasteiger partial charge in [-0.25, -0.2) is 14.0 Å². The van der Waals surface area contributed by atoms with Crippen molar-refractivity contribution in [2.75, 3.05) is 6.54 Å². The Morgan fingerprint density at radius 2 is 2.10 bits per heavy atom. The van der Waals surface area contributed by atoms with E-state index in [2.05, 4.69) is 5.32 Å². The van der Waals surface area contributed by atoms with Crippen molar-refractivity contribution in [3.63, 3.8) is 0 Å². The van der Waals surface area contributed by atoms with E-state index in [1.165, 1.54) is 18.2 Å². The van der Waals surface area contributed by atoms with Crippen LogP contribution in [0.15, 0.2) is 24.3 Å². The molecule has 2 amide bonds. The fourth-order valence-corrected chi connectivity index (χ4v) is 2.19. The first kappa shape index (κ1) is 14.3. The molecule has 1 fully saturated rings. The Bertz CT molecular complexity index is 523. The van der Waals surface area contributed by atoms with Crippen molar-refractivity contribution >= 4 is 12.0 Å². The quantitative estimate of drug-likeness (QED) is 0.755. The van der Waals surface area contributed by atoms with E-state index in [0.717, 1.165) is 4.90 Å². The molecule has 2 rings (SSSR count). The van der Waals surface area contributed by atoms with Gasteiger partial charge in [0.25, 0.3) is 0 Å². The number of carbonyl (C=O) groups is 2. The van der Waals surface area contributed by atoms with Crippen LogP contribution in [0.5, 0.6) is 0 Å². The molecule has 0 saturated carbocycles. The lowest BCUT2D eigenvalue weighted by atomic mass is 10.2. The molecule has 0 aliphatic carbocycles. The summed E-state index contributed by atoms with van der Waals surface area (Å²) in [6.07, 6.45) is -0.849. The zero-order chi connectivity index (χ0) is 14.7. The lowest BCUT2D eigenvalue weighted by molar-refractivity contribution is -0.141. The first-order valence-corrected chi connectivity index (χ1v) is 6.17. The maximum Gasteiger partial charge on any atom is 0.326 e. The van der Waals surface area contributed by atoms with Gasteiger partial charge in [0, 0.05) is 25.1 Å². The minimum absolute atomic E-state index is 0.00243. The average molecular weight is 282 g/mol. The van der Waals surface area contributed by atoms with E-state index in [-0.39, 0.29) is 19.5 Å². The highest BCUT2D eigenvalue weighted by atomic mass is 19.1. The Hall–Kier alpha value is -2.15. The van der Waals surface area contributed by atoms with Gasteiger partial charge in [0.05, 0.1) is 6.10 Å². The number of urea groups is 1. The number of aliphatic carboxylic acids is 1. The number of benzene rings is 1. The van der Waals surface area contributed by atoms with Gasteiger partial charge >= 0.3 is 12.0 Å². The van der Waals surface area contributed by atoms with Crippen molar-refractivity contribution in [1.29, 1.82) is 0 Å². The number of carboxylic acids is 1. The van der Waals surface area contributed by atoms with Crippen LogP contribution in [0.1, 0.15) is 12.0 Å². The van der Waals surface area contributed by atoms with E-state index in [0.29, 0.717) is 5.56 Å². The minimum atomic E-state index is -1.16. The number of amides is 2. The number of hydrogen-bond acceptors (Lipinski definition) is 3. The van der Waals surface area contributed by atoms with E-state index in [4.69, 9.17) is 5.11 Å². The standard InChI is InChI=1S/C13H15FN2O4/c14-10-4-2-1-3-8(10)6-15-13(20)16-7-9(17)5-11(16)12(18)19/h1-4,9,11,17H,5-7H2,(H,15,20)(H,18,19)/t9-,11+/m1/s1. The highest BCUT2D eigenvalue weighted by Crippen LogP contribution is 2.18. The van der Waals surface area contributed by atoms with Crippen molar-refractivity contribution in [1.82, 2.24) is 10.2 Å². The van der Waals surface area contributed by atoms with Crippen molar-refractivity contribution in [2.45, 2.75) is 25.1 Å². The SMILES string of the molecule is O=C(O)[C@@H]1C[C@@H](O)CN1C(=O)NCc1ccccc1F. The molecule has 0 bridgehead atoms. The Morgan fingerprint density at radius 3 is 2.75 bits per heavy atom. The lowest BCUT2D eigenvalue weighted by Gasteiger charge is -2.21. The van der Waals surface area contributed by atoms with Crippen LogP contribution >= 0.6 is 0 Å². The summed E-state index contributed by atoms with van der Waals surface area (Å²) in [5.74, 6) is -1.60. The molecule has 6 nitrogen and oxygen atoms in total. The molecule has 0 radical (unpaired) electrons. The molecule has 0 aromatic heterocycles. The van der Waals surface area contributed by atoms with Gasteiger partial charge in [-0.15, -0.1) is 0 Å². The van der Waals surface area contributed by atoms with Crippen LogP contribution in [0.2, 0.25) is 0 Å². The molecule has 20 heavy (non-hydrogen) atoms. The van der Waals surface area contributed by atoms with Crippen LogP contribution in [-0.4, -0.2) is 45.8 Å². The maximum absolute atomic E-state index is 13.4. The van der Waals surface area contributed by atoms with E-state index in [9.17, 15) is 19.1 Å². The first-order chi connectivity index (χ1) is 9.49. The largest absolute Gasteiger partial charge is 0.480 e. The fourth-order valence-electron chi connectivity index (χ4n) is 2.19. The summed E-state index contributed by atoms with van der Waals surface area (Å²) in [6.45, 7) is -0.0789. The molecule has 0 spiro atoms. The van der Waals surface area contributed by atoms with Crippen LogP contribution in [0.3, 0.4) is 0 Å². The van der Waals surface area contributed by atoms with E-state index in [1.54, 1.807) is 6.07 Å².